The third-order valence-corrected chi connectivity index (χ3v) is 5.40. The van der Waals surface area contributed by atoms with Crippen molar-refractivity contribution in [3.05, 3.63) is 40.5 Å². The number of hydrogen-bond donors (Lipinski definition) is 1. The van der Waals surface area contributed by atoms with Crippen LogP contribution >= 0.6 is 11.6 Å². The van der Waals surface area contributed by atoms with Crippen LogP contribution in [0.4, 0.5) is 4.79 Å². The fraction of sp³-hybridized carbons (Fsp3) is 0.444. The van der Waals surface area contributed by atoms with Crippen molar-refractivity contribution in [2.24, 2.45) is 0 Å². The largest absolute Gasteiger partial charge is 0.465 e. The molecule has 1 aliphatic carbocycles. The number of hydrogen-bond acceptors (Lipinski definition) is 2. The number of rotatable bonds is 2. The first-order valence-corrected chi connectivity index (χ1v) is 8.85. The number of carboxylic acid groups (broad SMARTS) is 1. The lowest BCUT2D eigenvalue weighted by Crippen LogP contribution is -2.32. The van der Waals surface area contributed by atoms with Crippen molar-refractivity contribution in [2.75, 3.05) is 13.1 Å². The Morgan fingerprint density at radius 2 is 1.88 bits per heavy atom. The van der Waals surface area contributed by atoms with Crippen molar-refractivity contribution < 1.29 is 9.90 Å². The van der Waals surface area contributed by atoms with Crippen LogP contribution in [-0.4, -0.2) is 39.0 Å². The molecule has 1 aliphatic heterocycles. The molecule has 5 nitrogen and oxygen atoms in total. The molecule has 0 unspecified atom stereocenters. The summed E-state index contributed by atoms with van der Waals surface area (Å²) in [6.07, 6.45) is 4.14. The van der Waals surface area contributed by atoms with Crippen LogP contribution in [-0.2, 0) is 12.8 Å². The highest BCUT2D eigenvalue weighted by Crippen LogP contribution is 2.38. The van der Waals surface area contributed by atoms with E-state index in [9.17, 15) is 9.90 Å². The summed E-state index contributed by atoms with van der Waals surface area (Å²) in [5.74, 6) is 0. The minimum atomic E-state index is -0.847. The second kappa shape index (κ2) is 6.13. The third kappa shape index (κ3) is 2.67. The quantitative estimate of drug-likeness (QED) is 0.894. The summed E-state index contributed by atoms with van der Waals surface area (Å²) in [4.78, 5) is 12.8. The van der Waals surface area contributed by atoms with Crippen LogP contribution in [0.1, 0.15) is 36.6 Å². The molecule has 2 aliphatic rings. The molecule has 1 fully saturated rings. The van der Waals surface area contributed by atoms with Gasteiger partial charge in [-0.3, -0.25) is 4.68 Å². The molecule has 1 amide bonds. The van der Waals surface area contributed by atoms with Crippen molar-refractivity contribution in [1.82, 2.24) is 14.7 Å². The van der Waals surface area contributed by atoms with Crippen molar-refractivity contribution in [3.63, 3.8) is 0 Å². The summed E-state index contributed by atoms with van der Waals surface area (Å²) in [7, 11) is 0. The number of halogens is 1. The standard InChI is InChI=1S/C18H20ClN3O2/c19-13-6-4-12(5-7-13)17-15-8-10-21(18(23)24)11-9-16(15)20-22(17)14-2-1-3-14/h4-7,14H,1-3,8-11H2,(H,23,24). The molecule has 0 radical (unpaired) electrons. The SMILES string of the molecule is O=C(O)N1CCc2nn(C3CCC3)c(-c3ccc(Cl)cc3)c2CC1. The van der Waals surface area contributed by atoms with Gasteiger partial charge in [-0.1, -0.05) is 23.7 Å². The Hall–Kier alpha value is -2.01. The van der Waals surface area contributed by atoms with E-state index in [1.807, 2.05) is 24.3 Å². The Morgan fingerprint density at radius 3 is 2.50 bits per heavy atom. The van der Waals surface area contributed by atoms with E-state index in [4.69, 9.17) is 16.7 Å². The molecular formula is C18H20ClN3O2. The number of aromatic nitrogens is 2. The number of fused-ring (bicyclic) bond motifs is 1. The number of nitrogens with zero attached hydrogens (tertiary/aromatic N) is 3. The van der Waals surface area contributed by atoms with Crippen molar-refractivity contribution in [1.29, 1.82) is 0 Å². The first-order valence-electron chi connectivity index (χ1n) is 8.47. The maximum atomic E-state index is 11.3. The molecule has 0 atom stereocenters. The molecule has 2 heterocycles. The van der Waals surface area contributed by atoms with Crippen molar-refractivity contribution in [2.45, 2.75) is 38.1 Å². The summed E-state index contributed by atoms with van der Waals surface area (Å²) < 4.78 is 2.19. The lowest BCUT2D eigenvalue weighted by atomic mass is 9.92. The number of carbonyl (C=O) groups is 1. The molecule has 1 aromatic carbocycles. The summed E-state index contributed by atoms with van der Waals surface area (Å²) in [5.41, 5.74) is 4.52. The van der Waals surface area contributed by atoms with E-state index in [0.717, 1.165) is 22.0 Å². The van der Waals surface area contributed by atoms with E-state index in [1.165, 1.54) is 29.7 Å². The van der Waals surface area contributed by atoms with Gasteiger partial charge in [-0.2, -0.15) is 5.10 Å². The lowest BCUT2D eigenvalue weighted by Gasteiger charge is -2.28. The van der Waals surface area contributed by atoms with Crippen LogP contribution in [0.3, 0.4) is 0 Å². The highest BCUT2D eigenvalue weighted by molar-refractivity contribution is 6.30. The van der Waals surface area contributed by atoms with Gasteiger partial charge < -0.3 is 10.0 Å². The summed E-state index contributed by atoms with van der Waals surface area (Å²) in [5, 5.41) is 14.9. The van der Waals surface area contributed by atoms with E-state index in [1.54, 1.807) is 0 Å². The third-order valence-electron chi connectivity index (χ3n) is 5.15. The predicted octanol–water partition coefficient (Wildman–Crippen LogP) is 4.01. The topological polar surface area (TPSA) is 58.4 Å². The zero-order valence-corrected chi connectivity index (χ0v) is 14.2. The van der Waals surface area contributed by atoms with Crippen molar-refractivity contribution >= 4 is 17.7 Å². The molecule has 4 rings (SSSR count). The maximum absolute atomic E-state index is 11.3. The van der Waals surface area contributed by atoms with E-state index >= 15 is 0 Å². The molecule has 1 N–H and O–H groups in total. The van der Waals surface area contributed by atoms with Crippen LogP contribution in [0.15, 0.2) is 24.3 Å². The molecule has 6 heteroatoms. The van der Waals surface area contributed by atoms with Gasteiger partial charge in [0.1, 0.15) is 0 Å². The van der Waals surface area contributed by atoms with Gasteiger partial charge in [-0.15, -0.1) is 0 Å². The Bertz CT molecular complexity index is 765. The Morgan fingerprint density at radius 1 is 1.17 bits per heavy atom. The van der Waals surface area contributed by atoms with Gasteiger partial charge in [0.25, 0.3) is 0 Å². The van der Waals surface area contributed by atoms with Gasteiger partial charge in [0, 0.05) is 35.7 Å². The minimum absolute atomic E-state index is 0.471. The molecule has 1 saturated carbocycles. The summed E-state index contributed by atoms with van der Waals surface area (Å²) in [6, 6.07) is 8.35. The number of benzene rings is 1. The summed E-state index contributed by atoms with van der Waals surface area (Å²) in [6.45, 7) is 1.04. The van der Waals surface area contributed by atoms with Crippen LogP contribution in [0.2, 0.25) is 5.02 Å². The van der Waals surface area contributed by atoms with Crippen LogP contribution in [0.25, 0.3) is 11.3 Å². The van der Waals surface area contributed by atoms with Gasteiger partial charge in [0.2, 0.25) is 0 Å². The van der Waals surface area contributed by atoms with Gasteiger partial charge in [0.15, 0.2) is 0 Å². The Kier molecular flexibility index (Phi) is 3.96. The molecule has 0 bridgehead atoms. The highest BCUT2D eigenvalue weighted by Gasteiger charge is 2.29. The molecule has 0 spiro atoms. The molecule has 0 saturated heterocycles. The van der Waals surface area contributed by atoms with Crippen LogP contribution in [0, 0.1) is 0 Å². The monoisotopic (exact) mass is 345 g/mol. The zero-order valence-electron chi connectivity index (χ0n) is 13.4. The zero-order chi connectivity index (χ0) is 16.7. The molecular weight excluding hydrogens is 326 g/mol. The fourth-order valence-corrected chi connectivity index (χ4v) is 3.71. The summed E-state index contributed by atoms with van der Waals surface area (Å²) >= 11 is 6.04. The van der Waals surface area contributed by atoms with E-state index in [2.05, 4.69) is 4.68 Å². The Labute approximate surface area is 145 Å². The molecule has 24 heavy (non-hydrogen) atoms. The smallest absolute Gasteiger partial charge is 0.407 e. The van der Waals surface area contributed by atoms with Gasteiger partial charge >= 0.3 is 6.09 Å². The second-order valence-corrected chi connectivity index (χ2v) is 7.02. The van der Waals surface area contributed by atoms with Crippen LogP contribution < -0.4 is 0 Å². The molecule has 126 valence electrons. The fourth-order valence-electron chi connectivity index (χ4n) is 3.58. The predicted molar refractivity (Wildman–Crippen MR) is 92.6 cm³/mol. The van der Waals surface area contributed by atoms with E-state index < -0.39 is 6.09 Å². The minimum Gasteiger partial charge on any atom is -0.465 e. The van der Waals surface area contributed by atoms with E-state index in [-0.39, 0.29) is 0 Å². The van der Waals surface area contributed by atoms with Gasteiger partial charge in [-0.05, 0) is 37.8 Å². The lowest BCUT2D eigenvalue weighted by molar-refractivity contribution is 0.147. The van der Waals surface area contributed by atoms with Crippen molar-refractivity contribution in [3.8, 4) is 11.3 Å². The van der Waals surface area contributed by atoms with E-state index in [0.29, 0.717) is 32.0 Å². The Balaban J connectivity index is 1.77. The van der Waals surface area contributed by atoms with Gasteiger partial charge in [0.05, 0.1) is 17.4 Å². The van der Waals surface area contributed by atoms with Crippen LogP contribution in [0.5, 0.6) is 0 Å². The molecule has 1 aromatic heterocycles. The van der Waals surface area contributed by atoms with Gasteiger partial charge in [-0.25, -0.2) is 4.79 Å². The molecule has 2 aromatic rings. The second-order valence-electron chi connectivity index (χ2n) is 6.58. The highest BCUT2D eigenvalue weighted by atomic mass is 35.5. The number of amides is 1. The maximum Gasteiger partial charge on any atom is 0.407 e. The average molecular weight is 346 g/mol. The normalized spacial score (nSPS) is 18.0. The average Bonchev–Trinajstić information content (AvgIpc) is 2.71. The first kappa shape index (κ1) is 15.5. The first-order chi connectivity index (χ1) is 11.6.